The summed E-state index contributed by atoms with van der Waals surface area (Å²) in [5.41, 5.74) is 7.64. The highest BCUT2D eigenvalue weighted by atomic mass is 35.5. The third-order valence-corrected chi connectivity index (χ3v) is 5.27. The van der Waals surface area contributed by atoms with Crippen LogP contribution in [0.3, 0.4) is 0 Å². The van der Waals surface area contributed by atoms with Crippen LogP contribution < -0.4 is 16.4 Å². The fourth-order valence-corrected chi connectivity index (χ4v) is 3.52. The number of halogens is 3. The first-order valence-corrected chi connectivity index (χ1v) is 10.9. The molecule has 4 rings (SSSR count). The average Bonchev–Trinajstić information content (AvgIpc) is 3.22. The highest BCUT2D eigenvalue weighted by Crippen LogP contribution is 2.34. The Labute approximate surface area is 205 Å². The lowest BCUT2D eigenvalue weighted by Gasteiger charge is -2.14. The number of imidazole rings is 1. The number of nitrogens with one attached hydrogen (secondary N) is 3. The minimum absolute atomic E-state index is 0.0279. The summed E-state index contributed by atoms with van der Waals surface area (Å²) in [6.45, 7) is 5.95. The number of carbonyl (C=O) groups excluding carboxylic acids is 1. The number of carbonyl (C=O) groups is 1. The number of rotatable bonds is 4. The molecule has 0 saturated carbocycles. The number of benzene rings is 2. The van der Waals surface area contributed by atoms with Crippen molar-refractivity contribution in [1.29, 1.82) is 0 Å². The van der Waals surface area contributed by atoms with Crippen LogP contribution in [-0.4, -0.2) is 26.0 Å². The molecule has 2 amide bonds. The second-order valence-electron chi connectivity index (χ2n) is 8.79. The number of H-pyrrole nitrogens is 1. The van der Waals surface area contributed by atoms with Crippen LogP contribution in [-0.2, 0) is 5.41 Å². The summed E-state index contributed by atoms with van der Waals surface area (Å²) >= 11 is 5.96. The van der Waals surface area contributed by atoms with E-state index in [2.05, 4.69) is 25.6 Å². The van der Waals surface area contributed by atoms with E-state index in [9.17, 15) is 13.6 Å². The first kappa shape index (κ1) is 24.1. The van der Waals surface area contributed by atoms with E-state index in [4.69, 9.17) is 22.3 Å². The summed E-state index contributed by atoms with van der Waals surface area (Å²) in [7, 11) is 0. The van der Waals surface area contributed by atoms with Gasteiger partial charge in [-0.1, -0.05) is 32.4 Å². The average molecular weight is 498 g/mol. The Morgan fingerprint density at radius 3 is 2.49 bits per heavy atom. The Hall–Kier alpha value is -4.05. The van der Waals surface area contributed by atoms with E-state index in [-0.39, 0.29) is 27.8 Å². The van der Waals surface area contributed by atoms with Crippen LogP contribution in [0.4, 0.5) is 30.9 Å². The zero-order chi connectivity index (χ0) is 25.3. The van der Waals surface area contributed by atoms with Gasteiger partial charge in [0.1, 0.15) is 17.5 Å². The van der Waals surface area contributed by atoms with Crippen molar-refractivity contribution in [3.05, 3.63) is 71.1 Å². The Balaban J connectivity index is 1.70. The molecule has 0 bridgehead atoms. The molecular formula is C24H22ClF2N7O. The predicted octanol–water partition coefficient (Wildman–Crippen LogP) is 5.99. The molecule has 2 aromatic heterocycles. The highest BCUT2D eigenvalue weighted by molar-refractivity contribution is 6.33. The number of nitrogen functional groups attached to an aromatic ring is 1. The molecule has 0 fully saturated rings. The maximum atomic E-state index is 14.6. The molecule has 5 N–H and O–H groups in total. The largest absolute Gasteiger partial charge is 0.368 e. The zero-order valence-electron chi connectivity index (χ0n) is 19.1. The highest BCUT2D eigenvalue weighted by Gasteiger charge is 2.24. The summed E-state index contributed by atoms with van der Waals surface area (Å²) in [4.78, 5) is 28.6. The van der Waals surface area contributed by atoms with Crippen molar-refractivity contribution in [3.63, 3.8) is 0 Å². The van der Waals surface area contributed by atoms with Crippen molar-refractivity contribution in [2.45, 2.75) is 26.2 Å². The molecule has 0 atom stereocenters. The quantitative estimate of drug-likeness (QED) is 0.276. The number of anilines is 3. The monoisotopic (exact) mass is 497 g/mol. The number of nitrogens with two attached hydrogens (primary N) is 1. The first-order chi connectivity index (χ1) is 16.5. The van der Waals surface area contributed by atoms with E-state index >= 15 is 0 Å². The lowest BCUT2D eigenvalue weighted by molar-refractivity contribution is 0.262. The van der Waals surface area contributed by atoms with E-state index < -0.39 is 17.7 Å². The SMILES string of the molecule is CC(C)(C)c1nc(-c2cc(F)cc(NC(=O)Nc3ccc(F)cc3Cl)c2)c(-c2ccnc(N)n2)[nH]1. The normalized spacial score (nSPS) is 11.4. The number of hydrogen-bond acceptors (Lipinski definition) is 5. The fourth-order valence-electron chi connectivity index (χ4n) is 3.31. The second kappa shape index (κ2) is 9.30. The second-order valence-corrected chi connectivity index (χ2v) is 9.20. The van der Waals surface area contributed by atoms with Crippen molar-refractivity contribution in [1.82, 2.24) is 19.9 Å². The summed E-state index contributed by atoms with van der Waals surface area (Å²) in [5, 5.41) is 5.10. The molecule has 2 aromatic carbocycles. The van der Waals surface area contributed by atoms with Gasteiger partial charge in [-0.05, 0) is 42.5 Å². The molecule has 0 radical (unpaired) electrons. The number of hydrogen-bond donors (Lipinski definition) is 4. The van der Waals surface area contributed by atoms with Crippen LogP contribution >= 0.6 is 11.6 Å². The lowest BCUT2D eigenvalue weighted by atomic mass is 9.96. The van der Waals surface area contributed by atoms with Gasteiger partial charge < -0.3 is 21.4 Å². The summed E-state index contributed by atoms with van der Waals surface area (Å²) in [5.74, 6) is -0.392. The third-order valence-electron chi connectivity index (χ3n) is 4.95. The molecular weight excluding hydrogens is 476 g/mol. The van der Waals surface area contributed by atoms with Crippen molar-refractivity contribution < 1.29 is 13.6 Å². The number of nitrogens with zero attached hydrogens (tertiary/aromatic N) is 3. The molecule has 0 saturated heterocycles. The molecule has 11 heteroatoms. The van der Waals surface area contributed by atoms with E-state index in [1.54, 1.807) is 12.1 Å². The molecule has 180 valence electrons. The van der Waals surface area contributed by atoms with Gasteiger partial charge >= 0.3 is 6.03 Å². The number of aromatic amines is 1. The van der Waals surface area contributed by atoms with E-state index in [0.29, 0.717) is 28.5 Å². The molecule has 4 aromatic rings. The molecule has 8 nitrogen and oxygen atoms in total. The van der Waals surface area contributed by atoms with Gasteiger partial charge in [-0.2, -0.15) is 0 Å². The smallest absolute Gasteiger partial charge is 0.323 e. The number of aromatic nitrogens is 4. The Morgan fingerprint density at radius 1 is 1.03 bits per heavy atom. The van der Waals surface area contributed by atoms with Crippen molar-refractivity contribution in [2.24, 2.45) is 0 Å². The van der Waals surface area contributed by atoms with Crippen LogP contribution in [0.25, 0.3) is 22.6 Å². The Kier molecular flexibility index (Phi) is 6.40. The van der Waals surface area contributed by atoms with Crippen LogP contribution in [0.15, 0.2) is 48.7 Å². The molecule has 0 aliphatic carbocycles. The Bertz CT molecular complexity index is 1420. The molecule has 0 spiro atoms. The maximum Gasteiger partial charge on any atom is 0.323 e. The standard InChI is InChI=1S/C24H22ClF2N7O/c1-24(2,3)21-33-19(20(34-21)18-6-7-29-22(28)31-18)12-8-14(27)10-15(9-12)30-23(35)32-17-5-4-13(26)11-16(17)25/h4-11H,1-3H3,(H,33,34)(H2,28,29,31)(H2,30,32,35). The summed E-state index contributed by atoms with van der Waals surface area (Å²) < 4.78 is 27.9. The molecule has 0 aliphatic heterocycles. The van der Waals surface area contributed by atoms with Crippen LogP contribution in [0.1, 0.15) is 26.6 Å². The summed E-state index contributed by atoms with van der Waals surface area (Å²) in [6, 6.07) is 8.58. The van der Waals surface area contributed by atoms with Crippen molar-refractivity contribution in [2.75, 3.05) is 16.4 Å². The Morgan fingerprint density at radius 2 is 1.80 bits per heavy atom. The molecule has 0 aliphatic rings. The van der Waals surface area contributed by atoms with Gasteiger partial charge in [0.05, 0.1) is 27.8 Å². The van der Waals surface area contributed by atoms with Crippen LogP contribution in [0, 0.1) is 11.6 Å². The topological polar surface area (TPSA) is 122 Å². The van der Waals surface area contributed by atoms with Crippen molar-refractivity contribution >= 4 is 35.0 Å². The fraction of sp³-hybridized carbons (Fsp3) is 0.167. The first-order valence-electron chi connectivity index (χ1n) is 10.5. The van der Waals surface area contributed by atoms with Gasteiger partial charge in [-0.3, -0.25) is 0 Å². The van der Waals surface area contributed by atoms with Gasteiger partial charge in [-0.15, -0.1) is 0 Å². The van der Waals surface area contributed by atoms with E-state index in [1.807, 2.05) is 20.8 Å². The van der Waals surface area contributed by atoms with Crippen LogP contribution in [0.2, 0.25) is 5.02 Å². The minimum Gasteiger partial charge on any atom is -0.368 e. The van der Waals surface area contributed by atoms with E-state index in [1.165, 1.54) is 18.3 Å². The third kappa shape index (κ3) is 5.55. The maximum absolute atomic E-state index is 14.6. The molecule has 0 unspecified atom stereocenters. The van der Waals surface area contributed by atoms with Gasteiger partial charge in [0.25, 0.3) is 0 Å². The molecule has 35 heavy (non-hydrogen) atoms. The lowest BCUT2D eigenvalue weighted by Crippen LogP contribution is -2.19. The van der Waals surface area contributed by atoms with Crippen molar-refractivity contribution in [3.8, 4) is 22.6 Å². The predicted molar refractivity (Wildman–Crippen MR) is 132 cm³/mol. The van der Waals surface area contributed by atoms with Gasteiger partial charge in [-0.25, -0.2) is 28.5 Å². The number of urea groups is 1. The van der Waals surface area contributed by atoms with Crippen LogP contribution in [0.5, 0.6) is 0 Å². The molecule has 2 heterocycles. The van der Waals surface area contributed by atoms with Gasteiger partial charge in [0.15, 0.2) is 0 Å². The summed E-state index contributed by atoms with van der Waals surface area (Å²) in [6.07, 6.45) is 1.52. The number of amides is 2. The minimum atomic E-state index is -0.684. The zero-order valence-corrected chi connectivity index (χ0v) is 19.8. The van der Waals surface area contributed by atoms with E-state index in [0.717, 1.165) is 18.2 Å². The van der Waals surface area contributed by atoms with Gasteiger partial charge in [0, 0.05) is 22.9 Å². The van der Waals surface area contributed by atoms with Gasteiger partial charge in [0.2, 0.25) is 5.95 Å².